The van der Waals surface area contributed by atoms with Crippen LogP contribution < -0.4 is 4.74 Å². The van der Waals surface area contributed by atoms with Gasteiger partial charge < -0.3 is 9.47 Å². The van der Waals surface area contributed by atoms with Crippen molar-refractivity contribution < 1.29 is 19.1 Å². The molecule has 0 saturated carbocycles. The van der Waals surface area contributed by atoms with Crippen molar-refractivity contribution in [2.75, 3.05) is 6.61 Å². The number of rotatable bonds is 5. The van der Waals surface area contributed by atoms with E-state index in [0.717, 1.165) is 18.6 Å². The van der Waals surface area contributed by atoms with E-state index in [1.165, 1.54) is 4.68 Å². The summed E-state index contributed by atoms with van der Waals surface area (Å²) in [6.45, 7) is 2.76. The molecule has 7 heteroatoms. The summed E-state index contributed by atoms with van der Waals surface area (Å²) in [5.74, 6) is -0.758. The molecule has 0 bridgehead atoms. The van der Waals surface area contributed by atoms with Gasteiger partial charge in [-0.25, -0.2) is 14.3 Å². The lowest BCUT2D eigenvalue weighted by Crippen LogP contribution is -2.08. The van der Waals surface area contributed by atoms with Crippen molar-refractivity contribution in [3.63, 3.8) is 0 Å². The molecule has 0 aliphatic carbocycles. The number of ether oxygens (including phenoxy) is 2. The topological polar surface area (TPSA) is 83.3 Å². The second kappa shape index (κ2) is 5.35. The van der Waals surface area contributed by atoms with Crippen molar-refractivity contribution in [3.8, 4) is 11.4 Å². The minimum atomic E-state index is -0.763. The molecule has 7 nitrogen and oxygen atoms in total. The van der Waals surface area contributed by atoms with Gasteiger partial charge in [-0.3, -0.25) is 0 Å². The van der Waals surface area contributed by atoms with E-state index in [-0.39, 0.29) is 11.4 Å². The molecule has 21 heavy (non-hydrogen) atoms. The molecule has 1 aromatic heterocycles. The predicted molar refractivity (Wildman–Crippen MR) is 71.5 cm³/mol. The Bertz CT molecular complexity index is 691. The van der Waals surface area contributed by atoms with E-state index in [1.54, 1.807) is 24.3 Å². The highest BCUT2D eigenvalue weighted by Crippen LogP contribution is 2.22. The number of aromatic nitrogens is 3. The highest BCUT2D eigenvalue weighted by molar-refractivity contribution is 6.12. The molecule has 0 atom stereocenters. The first kappa shape index (κ1) is 13.3. The van der Waals surface area contributed by atoms with E-state index >= 15 is 0 Å². The molecule has 0 N–H and O–H groups in total. The molecule has 0 amide bonds. The zero-order valence-electron chi connectivity index (χ0n) is 11.4. The van der Waals surface area contributed by atoms with Gasteiger partial charge >= 0.3 is 11.9 Å². The SMILES string of the molecule is CCCCOc1ccc(-n2nnc3c2C(=O)OC3=O)cc1. The lowest BCUT2D eigenvalue weighted by Gasteiger charge is -2.07. The van der Waals surface area contributed by atoms with Crippen LogP contribution in [0.4, 0.5) is 0 Å². The second-order valence-electron chi connectivity index (χ2n) is 4.57. The van der Waals surface area contributed by atoms with Crippen LogP contribution in [-0.2, 0) is 4.74 Å². The Morgan fingerprint density at radius 1 is 1.19 bits per heavy atom. The van der Waals surface area contributed by atoms with Gasteiger partial charge in [-0.05, 0) is 30.7 Å². The third kappa shape index (κ3) is 2.37. The van der Waals surface area contributed by atoms with Crippen LogP contribution >= 0.6 is 0 Å². The summed E-state index contributed by atoms with van der Waals surface area (Å²) in [7, 11) is 0. The van der Waals surface area contributed by atoms with E-state index in [4.69, 9.17) is 4.74 Å². The van der Waals surface area contributed by atoms with Crippen LogP contribution in [-0.4, -0.2) is 33.5 Å². The normalized spacial score (nSPS) is 13.2. The molecule has 0 unspecified atom stereocenters. The number of nitrogens with zero attached hydrogens (tertiary/aromatic N) is 3. The highest BCUT2D eigenvalue weighted by Gasteiger charge is 2.37. The smallest absolute Gasteiger partial charge is 0.369 e. The molecule has 2 heterocycles. The number of hydrogen-bond acceptors (Lipinski definition) is 6. The van der Waals surface area contributed by atoms with E-state index in [1.807, 2.05) is 0 Å². The summed E-state index contributed by atoms with van der Waals surface area (Å²) in [4.78, 5) is 22.9. The average Bonchev–Trinajstić information content (AvgIpc) is 3.03. The van der Waals surface area contributed by atoms with Gasteiger partial charge in [-0.1, -0.05) is 18.6 Å². The summed E-state index contributed by atoms with van der Waals surface area (Å²) in [5.41, 5.74) is 0.612. The number of carbonyl (C=O) groups is 2. The fraction of sp³-hybridized carbons (Fsp3) is 0.286. The molecular formula is C14H13N3O4. The molecule has 1 aromatic carbocycles. The first-order valence-corrected chi connectivity index (χ1v) is 6.66. The Labute approximate surface area is 120 Å². The Kier molecular flexibility index (Phi) is 3.39. The summed E-state index contributed by atoms with van der Waals surface area (Å²) in [5, 5.41) is 7.49. The van der Waals surface area contributed by atoms with Crippen molar-refractivity contribution in [3.05, 3.63) is 35.7 Å². The maximum Gasteiger partial charge on any atom is 0.369 e. The maximum absolute atomic E-state index is 11.6. The standard InChI is InChI=1S/C14H13N3O4/c1-2-3-8-20-10-6-4-9(5-7-10)17-12-11(15-16-17)13(18)21-14(12)19/h4-7H,2-3,8H2,1H3. The molecule has 1 aliphatic heterocycles. The van der Waals surface area contributed by atoms with Gasteiger partial charge in [0.15, 0.2) is 5.69 Å². The van der Waals surface area contributed by atoms with Crippen LogP contribution in [0.5, 0.6) is 5.75 Å². The van der Waals surface area contributed by atoms with E-state index in [0.29, 0.717) is 12.3 Å². The van der Waals surface area contributed by atoms with Gasteiger partial charge in [0.1, 0.15) is 5.75 Å². The minimum Gasteiger partial charge on any atom is -0.494 e. The minimum absolute atomic E-state index is 0.0525. The van der Waals surface area contributed by atoms with Gasteiger partial charge in [0, 0.05) is 0 Å². The Morgan fingerprint density at radius 3 is 2.67 bits per heavy atom. The first-order chi connectivity index (χ1) is 10.2. The van der Waals surface area contributed by atoms with E-state index in [9.17, 15) is 9.59 Å². The van der Waals surface area contributed by atoms with Crippen molar-refractivity contribution in [1.82, 2.24) is 15.0 Å². The monoisotopic (exact) mass is 287 g/mol. The number of hydrogen-bond donors (Lipinski definition) is 0. The van der Waals surface area contributed by atoms with Gasteiger partial charge in [-0.15, -0.1) is 5.10 Å². The number of unbranched alkanes of at least 4 members (excludes halogenated alkanes) is 1. The highest BCUT2D eigenvalue weighted by atomic mass is 16.6. The number of carbonyl (C=O) groups excluding carboxylic acids is 2. The van der Waals surface area contributed by atoms with Crippen molar-refractivity contribution >= 4 is 11.9 Å². The molecule has 1 aliphatic rings. The lowest BCUT2D eigenvalue weighted by atomic mass is 10.3. The third-order valence-electron chi connectivity index (χ3n) is 3.09. The van der Waals surface area contributed by atoms with E-state index in [2.05, 4.69) is 22.0 Å². The van der Waals surface area contributed by atoms with Gasteiger partial charge in [0.2, 0.25) is 5.69 Å². The third-order valence-corrected chi connectivity index (χ3v) is 3.09. The van der Waals surface area contributed by atoms with Crippen molar-refractivity contribution in [2.45, 2.75) is 19.8 Å². The second-order valence-corrected chi connectivity index (χ2v) is 4.57. The van der Waals surface area contributed by atoms with Crippen LogP contribution in [0.25, 0.3) is 5.69 Å². The molecule has 0 saturated heterocycles. The predicted octanol–water partition coefficient (Wildman–Crippen LogP) is 1.76. The van der Waals surface area contributed by atoms with Crippen LogP contribution in [0, 0.1) is 0 Å². The fourth-order valence-corrected chi connectivity index (χ4v) is 1.98. The van der Waals surface area contributed by atoms with Crippen LogP contribution in [0.3, 0.4) is 0 Å². The van der Waals surface area contributed by atoms with Crippen molar-refractivity contribution in [2.24, 2.45) is 0 Å². The molecule has 0 spiro atoms. The summed E-state index contributed by atoms with van der Waals surface area (Å²) in [6.07, 6.45) is 2.06. The quantitative estimate of drug-likeness (QED) is 0.473. The van der Waals surface area contributed by atoms with Gasteiger partial charge in [0.05, 0.1) is 12.3 Å². The average molecular weight is 287 g/mol. The number of cyclic esters (lactones) is 2. The number of benzene rings is 1. The molecule has 3 rings (SSSR count). The largest absolute Gasteiger partial charge is 0.494 e. The number of esters is 2. The molecule has 0 radical (unpaired) electrons. The Hall–Kier alpha value is -2.70. The number of fused-ring (bicyclic) bond motifs is 1. The molecule has 0 fully saturated rings. The van der Waals surface area contributed by atoms with Crippen molar-refractivity contribution in [1.29, 1.82) is 0 Å². The van der Waals surface area contributed by atoms with Crippen LogP contribution in [0.1, 0.15) is 40.7 Å². The Morgan fingerprint density at radius 2 is 1.95 bits per heavy atom. The Balaban J connectivity index is 1.84. The zero-order chi connectivity index (χ0) is 14.8. The molecular weight excluding hydrogens is 274 g/mol. The molecule has 2 aromatic rings. The zero-order valence-corrected chi connectivity index (χ0v) is 11.4. The lowest BCUT2D eigenvalue weighted by molar-refractivity contribution is 0.0434. The summed E-state index contributed by atoms with van der Waals surface area (Å²) >= 11 is 0. The van der Waals surface area contributed by atoms with Gasteiger partial charge in [-0.2, -0.15) is 0 Å². The van der Waals surface area contributed by atoms with Crippen LogP contribution in [0.15, 0.2) is 24.3 Å². The fourth-order valence-electron chi connectivity index (χ4n) is 1.98. The molecule has 108 valence electrons. The first-order valence-electron chi connectivity index (χ1n) is 6.66. The summed E-state index contributed by atoms with van der Waals surface area (Å²) in [6, 6.07) is 7.04. The van der Waals surface area contributed by atoms with Crippen LogP contribution in [0.2, 0.25) is 0 Å². The maximum atomic E-state index is 11.6. The van der Waals surface area contributed by atoms with Gasteiger partial charge in [0.25, 0.3) is 0 Å². The summed E-state index contributed by atoms with van der Waals surface area (Å²) < 4.78 is 11.3. The van der Waals surface area contributed by atoms with E-state index < -0.39 is 11.9 Å².